The highest BCUT2D eigenvalue weighted by Gasteiger charge is 2.21. The first-order chi connectivity index (χ1) is 27.3. The van der Waals surface area contributed by atoms with Crippen molar-refractivity contribution in [2.24, 2.45) is 0 Å². The van der Waals surface area contributed by atoms with E-state index in [1.54, 1.807) is 0 Å². The van der Waals surface area contributed by atoms with Crippen molar-refractivity contribution >= 4 is 63.8 Å². The van der Waals surface area contributed by atoms with Crippen LogP contribution in [0.5, 0.6) is 0 Å². The lowest BCUT2D eigenvalue weighted by Gasteiger charge is -2.16. The standard InChI is InChI=1S/C51H31N3S/c1-4-16-32(17-5-1)35-28-36(30-37(29-35)51-53-49(33-18-6-2-7-19-33)52-50(54-51)34-20-8-3-9-21-34)43-31-44-40-24-11-10-22-38(40)39-23-12-13-25-41(39)46(44)48-47(43)42-26-14-15-27-45(42)55-48/h1-31H. The van der Waals surface area contributed by atoms with Crippen LogP contribution in [-0.2, 0) is 0 Å². The third-order valence-electron chi connectivity index (χ3n) is 10.7. The molecule has 0 saturated heterocycles. The van der Waals surface area contributed by atoms with Crippen molar-refractivity contribution in [3.05, 3.63) is 188 Å². The van der Waals surface area contributed by atoms with Crippen LogP contribution in [0.2, 0.25) is 0 Å². The van der Waals surface area contributed by atoms with Crippen LogP contribution in [0.15, 0.2) is 188 Å². The minimum Gasteiger partial charge on any atom is -0.208 e. The Bertz CT molecular complexity index is 3190. The van der Waals surface area contributed by atoms with Crippen molar-refractivity contribution in [1.82, 2.24) is 15.0 Å². The van der Waals surface area contributed by atoms with Gasteiger partial charge in [0.2, 0.25) is 0 Å². The number of benzene rings is 9. The predicted octanol–water partition coefficient (Wildman–Crippen LogP) is 14.0. The first-order valence-electron chi connectivity index (χ1n) is 18.5. The fourth-order valence-corrected chi connectivity index (χ4v) is 9.43. The van der Waals surface area contributed by atoms with Gasteiger partial charge in [0.25, 0.3) is 0 Å². The Balaban J connectivity index is 1.26. The Morgan fingerprint density at radius 2 is 0.727 bits per heavy atom. The third kappa shape index (κ3) is 5.30. The number of aromatic nitrogens is 3. The molecule has 0 unspecified atom stereocenters. The van der Waals surface area contributed by atoms with Crippen molar-refractivity contribution in [2.45, 2.75) is 0 Å². The minimum absolute atomic E-state index is 0.635. The summed E-state index contributed by atoms with van der Waals surface area (Å²) in [6, 6.07) is 66.8. The van der Waals surface area contributed by atoms with E-state index >= 15 is 0 Å². The van der Waals surface area contributed by atoms with Gasteiger partial charge in [0.05, 0.1) is 0 Å². The predicted molar refractivity (Wildman–Crippen MR) is 232 cm³/mol. The zero-order valence-corrected chi connectivity index (χ0v) is 30.5. The molecule has 0 spiro atoms. The van der Waals surface area contributed by atoms with Crippen molar-refractivity contribution in [2.75, 3.05) is 0 Å². The Labute approximate surface area is 321 Å². The Hall–Kier alpha value is -7.01. The van der Waals surface area contributed by atoms with E-state index < -0.39 is 0 Å². The van der Waals surface area contributed by atoms with Crippen LogP contribution in [-0.4, -0.2) is 15.0 Å². The number of rotatable bonds is 5. The monoisotopic (exact) mass is 717 g/mol. The zero-order chi connectivity index (χ0) is 36.3. The van der Waals surface area contributed by atoms with E-state index in [1.807, 2.05) is 47.7 Å². The van der Waals surface area contributed by atoms with Gasteiger partial charge in [-0.05, 0) is 79.5 Å². The van der Waals surface area contributed by atoms with Crippen molar-refractivity contribution < 1.29 is 0 Å². The summed E-state index contributed by atoms with van der Waals surface area (Å²) in [5, 5.41) is 10.2. The van der Waals surface area contributed by atoms with Crippen LogP contribution in [0.3, 0.4) is 0 Å². The molecule has 0 aliphatic heterocycles. The van der Waals surface area contributed by atoms with E-state index in [0.717, 1.165) is 33.4 Å². The van der Waals surface area contributed by atoms with Crippen LogP contribution in [0.1, 0.15) is 0 Å². The lowest BCUT2D eigenvalue weighted by atomic mass is 9.88. The molecule has 9 aromatic carbocycles. The molecule has 0 amide bonds. The second-order valence-electron chi connectivity index (χ2n) is 13.9. The van der Waals surface area contributed by atoms with Crippen molar-refractivity contribution in [1.29, 1.82) is 0 Å². The summed E-state index contributed by atoms with van der Waals surface area (Å²) in [7, 11) is 0. The average molecular weight is 718 g/mol. The average Bonchev–Trinajstić information content (AvgIpc) is 3.66. The molecule has 0 fully saturated rings. The highest BCUT2D eigenvalue weighted by atomic mass is 32.1. The Morgan fingerprint density at radius 1 is 0.291 bits per heavy atom. The summed E-state index contributed by atoms with van der Waals surface area (Å²) in [5.41, 5.74) is 7.38. The van der Waals surface area contributed by atoms with Gasteiger partial charge in [0.1, 0.15) is 0 Å². The van der Waals surface area contributed by atoms with Gasteiger partial charge in [-0.15, -0.1) is 11.3 Å². The van der Waals surface area contributed by atoms with Gasteiger partial charge in [-0.25, -0.2) is 15.0 Å². The molecule has 11 rings (SSSR count). The second kappa shape index (κ2) is 12.8. The minimum atomic E-state index is 0.635. The van der Waals surface area contributed by atoms with Gasteiger partial charge in [0.15, 0.2) is 17.5 Å². The molecular weight excluding hydrogens is 687 g/mol. The van der Waals surface area contributed by atoms with E-state index in [1.165, 1.54) is 58.1 Å². The summed E-state index contributed by atoms with van der Waals surface area (Å²) in [6.07, 6.45) is 0. The Morgan fingerprint density at radius 3 is 1.35 bits per heavy atom. The van der Waals surface area contributed by atoms with E-state index in [-0.39, 0.29) is 0 Å². The highest BCUT2D eigenvalue weighted by molar-refractivity contribution is 7.27. The molecule has 2 aromatic heterocycles. The molecule has 0 aliphatic carbocycles. The summed E-state index contributed by atoms with van der Waals surface area (Å²) in [5.74, 6) is 1.92. The van der Waals surface area contributed by atoms with Crippen LogP contribution < -0.4 is 0 Å². The van der Waals surface area contributed by atoms with Gasteiger partial charge in [-0.2, -0.15) is 0 Å². The zero-order valence-electron chi connectivity index (χ0n) is 29.6. The van der Waals surface area contributed by atoms with Crippen LogP contribution in [0.25, 0.3) is 109 Å². The molecule has 2 heterocycles. The lowest BCUT2D eigenvalue weighted by Crippen LogP contribution is -2.00. The number of nitrogens with zero attached hydrogens (tertiary/aromatic N) is 3. The number of fused-ring (bicyclic) bond motifs is 10. The molecule has 0 N–H and O–H groups in total. The number of hydrogen-bond donors (Lipinski definition) is 0. The normalized spacial score (nSPS) is 11.6. The molecule has 4 heteroatoms. The molecule has 55 heavy (non-hydrogen) atoms. The topological polar surface area (TPSA) is 38.7 Å². The first-order valence-corrected chi connectivity index (χ1v) is 19.3. The molecule has 3 nitrogen and oxygen atoms in total. The van der Waals surface area contributed by atoms with Crippen LogP contribution in [0.4, 0.5) is 0 Å². The molecule has 256 valence electrons. The highest BCUT2D eigenvalue weighted by Crippen LogP contribution is 2.49. The van der Waals surface area contributed by atoms with E-state index in [0.29, 0.717) is 17.5 Å². The van der Waals surface area contributed by atoms with E-state index in [2.05, 4.69) is 152 Å². The number of hydrogen-bond acceptors (Lipinski definition) is 4. The van der Waals surface area contributed by atoms with Crippen molar-refractivity contribution in [3.8, 4) is 56.4 Å². The van der Waals surface area contributed by atoms with Gasteiger partial charge >= 0.3 is 0 Å². The molecule has 0 bridgehead atoms. The van der Waals surface area contributed by atoms with Crippen molar-refractivity contribution in [3.63, 3.8) is 0 Å². The lowest BCUT2D eigenvalue weighted by molar-refractivity contribution is 1.07. The molecule has 0 saturated carbocycles. The Kier molecular flexibility index (Phi) is 7.35. The largest absolute Gasteiger partial charge is 0.208 e. The maximum atomic E-state index is 5.18. The summed E-state index contributed by atoms with van der Waals surface area (Å²) in [6.45, 7) is 0. The number of thiophene rings is 1. The second-order valence-corrected chi connectivity index (χ2v) is 15.0. The summed E-state index contributed by atoms with van der Waals surface area (Å²) >= 11 is 1.89. The molecular formula is C51H31N3S. The quantitative estimate of drug-likeness (QED) is 0.166. The molecule has 0 aliphatic rings. The smallest absolute Gasteiger partial charge is 0.164 e. The molecule has 11 aromatic rings. The fraction of sp³-hybridized carbons (Fsp3) is 0. The van der Waals surface area contributed by atoms with Gasteiger partial charge in [0, 0.05) is 42.2 Å². The SMILES string of the molecule is c1ccc(-c2cc(-c3nc(-c4ccccc4)nc(-c4ccccc4)n3)cc(-c3cc4c5ccccc5c5ccccc5c4c4sc5ccccc5c34)c2)cc1. The fourth-order valence-electron chi connectivity index (χ4n) is 8.14. The van der Waals surface area contributed by atoms with Crippen LogP contribution in [0, 0.1) is 0 Å². The first kappa shape index (κ1) is 31.5. The van der Waals surface area contributed by atoms with E-state index in [9.17, 15) is 0 Å². The van der Waals surface area contributed by atoms with Gasteiger partial charge < -0.3 is 0 Å². The summed E-state index contributed by atoms with van der Waals surface area (Å²) in [4.78, 5) is 15.3. The maximum absolute atomic E-state index is 5.18. The third-order valence-corrected chi connectivity index (χ3v) is 11.9. The summed E-state index contributed by atoms with van der Waals surface area (Å²) < 4.78 is 2.58. The maximum Gasteiger partial charge on any atom is 0.164 e. The molecule has 0 atom stereocenters. The van der Waals surface area contributed by atoms with E-state index in [4.69, 9.17) is 15.0 Å². The van der Waals surface area contributed by atoms with Crippen LogP contribution >= 0.6 is 11.3 Å². The molecule has 0 radical (unpaired) electrons. The van der Waals surface area contributed by atoms with Gasteiger partial charge in [-0.1, -0.05) is 158 Å². The van der Waals surface area contributed by atoms with Gasteiger partial charge in [-0.3, -0.25) is 0 Å².